The molecule has 2 fully saturated rings. The van der Waals surface area contributed by atoms with Crippen LogP contribution in [0.5, 0.6) is 5.75 Å². The summed E-state index contributed by atoms with van der Waals surface area (Å²) in [6.45, 7) is 1.81. The number of amides is 1. The number of nitrogens with zero attached hydrogens (tertiary/aromatic N) is 1. The average molecular weight is 309 g/mol. The van der Waals surface area contributed by atoms with Gasteiger partial charge in [0.15, 0.2) is 0 Å². The van der Waals surface area contributed by atoms with Crippen molar-refractivity contribution < 1.29 is 9.90 Å². The highest BCUT2D eigenvalue weighted by Crippen LogP contribution is 2.30. The maximum Gasteiger partial charge on any atom is 0.254 e. The van der Waals surface area contributed by atoms with Gasteiger partial charge in [-0.15, -0.1) is 0 Å². The van der Waals surface area contributed by atoms with Gasteiger partial charge in [-0.25, -0.2) is 0 Å². The van der Waals surface area contributed by atoms with Crippen LogP contribution in [0.4, 0.5) is 0 Å². The van der Waals surface area contributed by atoms with Crippen LogP contribution in [0.25, 0.3) is 0 Å². The van der Waals surface area contributed by atoms with Crippen LogP contribution >= 0.6 is 11.6 Å². The molecule has 4 nitrogen and oxygen atoms in total. The van der Waals surface area contributed by atoms with Crippen molar-refractivity contribution in [2.75, 3.05) is 13.1 Å². The number of hydrogen-bond acceptors (Lipinski definition) is 3. The van der Waals surface area contributed by atoms with Crippen LogP contribution < -0.4 is 5.32 Å². The monoisotopic (exact) mass is 308 g/mol. The minimum atomic E-state index is 0.0140. The van der Waals surface area contributed by atoms with Crippen molar-refractivity contribution >= 4 is 17.5 Å². The number of hydrogen-bond donors (Lipinski definition) is 2. The molecule has 1 atom stereocenters. The van der Waals surface area contributed by atoms with Gasteiger partial charge in [0.05, 0.1) is 5.02 Å². The number of carbonyl (C=O) groups is 1. The van der Waals surface area contributed by atoms with Gasteiger partial charge < -0.3 is 15.3 Å². The Morgan fingerprint density at radius 1 is 1.33 bits per heavy atom. The summed E-state index contributed by atoms with van der Waals surface area (Å²) in [5.41, 5.74) is 0.556. The van der Waals surface area contributed by atoms with E-state index in [1.165, 1.54) is 18.9 Å². The van der Waals surface area contributed by atoms with Crippen LogP contribution in [0.15, 0.2) is 18.2 Å². The molecule has 21 heavy (non-hydrogen) atoms. The quantitative estimate of drug-likeness (QED) is 0.899. The maximum absolute atomic E-state index is 12.7. The third-order valence-corrected chi connectivity index (χ3v) is 4.58. The van der Waals surface area contributed by atoms with E-state index in [9.17, 15) is 9.90 Å². The number of phenolic OH excluding ortho intramolecular Hbond substituents is 1. The first-order chi connectivity index (χ1) is 10.1. The minimum absolute atomic E-state index is 0.0140. The molecule has 3 rings (SSSR count). The number of piperidine rings is 1. The van der Waals surface area contributed by atoms with Crippen LogP contribution in [-0.4, -0.2) is 41.1 Å². The zero-order valence-electron chi connectivity index (χ0n) is 12.0. The zero-order chi connectivity index (χ0) is 14.8. The molecule has 1 heterocycles. The Balaban J connectivity index is 1.73. The summed E-state index contributed by atoms with van der Waals surface area (Å²) < 4.78 is 0. The number of carbonyl (C=O) groups excluding carboxylic acids is 1. The fraction of sp³-hybridized carbons (Fsp3) is 0.562. The van der Waals surface area contributed by atoms with Crippen molar-refractivity contribution in [3.05, 3.63) is 28.8 Å². The van der Waals surface area contributed by atoms with Crippen LogP contribution in [0, 0.1) is 0 Å². The van der Waals surface area contributed by atoms with Gasteiger partial charge in [0.2, 0.25) is 0 Å². The highest BCUT2D eigenvalue weighted by Gasteiger charge is 2.34. The summed E-state index contributed by atoms with van der Waals surface area (Å²) in [5, 5.41) is 13.2. The molecule has 1 aromatic rings. The lowest BCUT2D eigenvalue weighted by Gasteiger charge is -2.31. The lowest BCUT2D eigenvalue weighted by atomic mass is 10.0. The zero-order valence-corrected chi connectivity index (χ0v) is 12.8. The Morgan fingerprint density at radius 2 is 2.14 bits per heavy atom. The second-order valence-corrected chi connectivity index (χ2v) is 6.41. The van der Waals surface area contributed by atoms with Gasteiger partial charge in [0.25, 0.3) is 5.91 Å². The van der Waals surface area contributed by atoms with E-state index in [4.69, 9.17) is 11.6 Å². The van der Waals surface area contributed by atoms with Crippen molar-refractivity contribution in [1.29, 1.82) is 0 Å². The van der Waals surface area contributed by atoms with Crippen LogP contribution in [0.1, 0.15) is 42.5 Å². The number of phenols is 1. The Bertz CT molecular complexity index is 525. The van der Waals surface area contributed by atoms with Crippen LogP contribution in [0.3, 0.4) is 0 Å². The first-order valence-corrected chi connectivity index (χ1v) is 8.06. The average Bonchev–Trinajstić information content (AvgIpc) is 3.33. The molecule has 0 bridgehead atoms. The van der Waals surface area contributed by atoms with E-state index in [0.717, 1.165) is 32.4 Å². The smallest absolute Gasteiger partial charge is 0.254 e. The van der Waals surface area contributed by atoms with E-state index >= 15 is 0 Å². The van der Waals surface area contributed by atoms with Crippen molar-refractivity contribution in [2.45, 2.75) is 44.2 Å². The number of rotatable bonds is 4. The number of aromatic hydroxyl groups is 1. The third kappa shape index (κ3) is 3.50. The fourth-order valence-electron chi connectivity index (χ4n) is 2.91. The van der Waals surface area contributed by atoms with Crippen molar-refractivity contribution in [1.82, 2.24) is 10.2 Å². The van der Waals surface area contributed by atoms with E-state index in [1.54, 1.807) is 12.1 Å². The summed E-state index contributed by atoms with van der Waals surface area (Å²) in [4.78, 5) is 14.7. The molecular weight excluding hydrogens is 288 g/mol. The highest BCUT2D eigenvalue weighted by molar-refractivity contribution is 6.32. The van der Waals surface area contributed by atoms with Crippen LogP contribution in [-0.2, 0) is 0 Å². The van der Waals surface area contributed by atoms with Crippen molar-refractivity contribution in [3.8, 4) is 5.75 Å². The topological polar surface area (TPSA) is 52.6 Å². The molecule has 0 spiro atoms. The first kappa shape index (κ1) is 14.7. The predicted molar refractivity (Wildman–Crippen MR) is 82.8 cm³/mol. The molecule has 1 amide bonds. The second kappa shape index (κ2) is 6.24. The van der Waals surface area contributed by atoms with Crippen LogP contribution in [0.2, 0.25) is 5.02 Å². The largest absolute Gasteiger partial charge is 0.506 e. The number of nitrogens with one attached hydrogen (secondary N) is 1. The summed E-state index contributed by atoms with van der Waals surface area (Å²) in [6, 6.07) is 5.46. The second-order valence-electron chi connectivity index (χ2n) is 6.00. The van der Waals surface area contributed by atoms with E-state index in [0.29, 0.717) is 17.6 Å². The SMILES string of the molecule is O=C(c1ccc(O)c(Cl)c1)N(CC1CCCCN1)C1CC1. The van der Waals surface area contributed by atoms with Crippen molar-refractivity contribution in [2.24, 2.45) is 0 Å². The Morgan fingerprint density at radius 3 is 2.76 bits per heavy atom. The normalized spacial score (nSPS) is 22.0. The molecule has 5 heteroatoms. The minimum Gasteiger partial charge on any atom is -0.506 e. The summed E-state index contributed by atoms with van der Waals surface area (Å²) in [6.07, 6.45) is 5.76. The molecule has 1 aliphatic heterocycles. The van der Waals surface area contributed by atoms with Gasteiger partial charge in [-0.1, -0.05) is 18.0 Å². The molecule has 114 valence electrons. The Hall–Kier alpha value is -1.26. The van der Waals surface area contributed by atoms with E-state index in [-0.39, 0.29) is 16.7 Å². The van der Waals surface area contributed by atoms with Crippen molar-refractivity contribution in [3.63, 3.8) is 0 Å². The van der Waals surface area contributed by atoms with E-state index < -0.39 is 0 Å². The van der Waals surface area contributed by atoms with E-state index in [2.05, 4.69) is 5.32 Å². The number of halogens is 1. The maximum atomic E-state index is 12.7. The summed E-state index contributed by atoms with van der Waals surface area (Å²) >= 11 is 5.92. The third-order valence-electron chi connectivity index (χ3n) is 4.27. The Kier molecular flexibility index (Phi) is 4.36. The highest BCUT2D eigenvalue weighted by atomic mass is 35.5. The predicted octanol–water partition coefficient (Wildman–Crippen LogP) is 2.79. The first-order valence-electron chi connectivity index (χ1n) is 7.68. The van der Waals surface area contributed by atoms with Gasteiger partial charge in [-0.2, -0.15) is 0 Å². The molecule has 0 aromatic heterocycles. The summed E-state index contributed by atoms with van der Waals surface area (Å²) in [5.74, 6) is 0.0342. The number of benzene rings is 1. The van der Waals surface area contributed by atoms with Gasteiger partial charge in [-0.05, 0) is 50.4 Å². The molecule has 2 N–H and O–H groups in total. The van der Waals surface area contributed by atoms with Gasteiger partial charge >= 0.3 is 0 Å². The van der Waals surface area contributed by atoms with Gasteiger partial charge in [0, 0.05) is 24.2 Å². The fourth-order valence-corrected chi connectivity index (χ4v) is 3.09. The molecule has 0 radical (unpaired) electrons. The molecule has 1 unspecified atom stereocenters. The summed E-state index contributed by atoms with van der Waals surface area (Å²) in [7, 11) is 0. The standard InChI is InChI=1S/C16H21ClN2O2/c17-14-9-11(4-7-15(14)20)16(21)19(13-5-6-13)10-12-3-1-2-8-18-12/h4,7,9,12-13,18,20H,1-3,5-6,8,10H2. The molecular formula is C16H21ClN2O2. The molecule has 1 aromatic carbocycles. The lowest BCUT2D eigenvalue weighted by molar-refractivity contribution is 0.0718. The van der Waals surface area contributed by atoms with Gasteiger partial charge in [0.1, 0.15) is 5.75 Å². The lowest BCUT2D eigenvalue weighted by Crippen LogP contribution is -2.46. The van der Waals surface area contributed by atoms with Gasteiger partial charge in [-0.3, -0.25) is 4.79 Å². The molecule has 1 saturated carbocycles. The van der Waals surface area contributed by atoms with E-state index in [1.807, 2.05) is 4.90 Å². The molecule has 2 aliphatic rings. The molecule has 1 aliphatic carbocycles. The molecule has 1 saturated heterocycles. The Labute approximate surface area is 130 Å².